The molecule has 1 unspecified atom stereocenters. The lowest BCUT2D eigenvalue weighted by Crippen LogP contribution is -2.15. The minimum Gasteiger partial charge on any atom is -0.489 e. The van der Waals surface area contributed by atoms with E-state index in [1.165, 1.54) is 17.7 Å². The maximum atomic E-state index is 6.04. The van der Waals surface area contributed by atoms with Gasteiger partial charge in [-0.2, -0.15) is 11.8 Å². The monoisotopic (exact) mass is 237 g/mol. The predicted octanol–water partition coefficient (Wildman–Crippen LogP) is 2.46. The third-order valence-electron chi connectivity index (χ3n) is 2.80. The van der Waals surface area contributed by atoms with Crippen LogP contribution >= 0.6 is 11.8 Å². The van der Waals surface area contributed by atoms with Crippen molar-refractivity contribution in [3.8, 4) is 5.75 Å². The summed E-state index contributed by atoms with van der Waals surface area (Å²) in [6.45, 7) is 0.744. The lowest BCUT2D eigenvalue weighted by atomic mass is 10.1. The molecule has 2 rings (SSSR count). The molecule has 1 aliphatic heterocycles. The van der Waals surface area contributed by atoms with Crippen LogP contribution in [0.3, 0.4) is 0 Å². The molecule has 2 N–H and O–H groups in total. The highest BCUT2D eigenvalue weighted by Gasteiger charge is 2.17. The number of hydrogen-bond acceptors (Lipinski definition) is 3. The topological polar surface area (TPSA) is 35.2 Å². The molecule has 0 amide bonds. The molecular formula is C13H19NOS. The molecule has 0 radical (unpaired) electrons. The second-order valence-electron chi connectivity index (χ2n) is 4.10. The highest BCUT2D eigenvalue weighted by atomic mass is 32.2. The molecule has 0 aromatic heterocycles. The van der Waals surface area contributed by atoms with Gasteiger partial charge >= 0.3 is 0 Å². The Hall–Kier alpha value is -0.670. The van der Waals surface area contributed by atoms with Gasteiger partial charge in [-0.1, -0.05) is 18.2 Å². The summed E-state index contributed by atoms with van der Waals surface area (Å²) in [5.41, 5.74) is 6.84. The minimum absolute atomic E-state index is 0.407. The van der Waals surface area contributed by atoms with Gasteiger partial charge in [-0.25, -0.2) is 0 Å². The van der Waals surface area contributed by atoms with Gasteiger partial charge in [-0.3, -0.25) is 0 Å². The van der Waals surface area contributed by atoms with E-state index in [4.69, 9.17) is 10.5 Å². The van der Waals surface area contributed by atoms with E-state index in [1.54, 1.807) is 0 Å². The molecular weight excluding hydrogens is 218 g/mol. The Morgan fingerprint density at radius 3 is 3.00 bits per heavy atom. The van der Waals surface area contributed by atoms with Gasteiger partial charge in [-0.05, 0) is 43.2 Å². The lowest BCUT2D eigenvalue weighted by Gasteiger charge is -2.15. The van der Waals surface area contributed by atoms with Crippen molar-refractivity contribution in [1.82, 2.24) is 0 Å². The summed E-state index contributed by atoms with van der Waals surface area (Å²) < 4.78 is 6.04. The van der Waals surface area contributed by atoms with Crippen molar-refractivity contribution in [3.63, 3.8) is 0 Å². The van der Waals surface area contributed by atoms with Gasteiger partial charge in [-0.15, -0.1) is 0 Å². The van der Waals surface area contributed by atoms with Crippen LogP contribution in [0.4, 0.5) is 0 Å². The molecule has 3 heteroatoms. The van der Waals surface area contributed by atoms with Crippen LogP contribution in [0, 0.1) is 0 Å². The zero-order chi connectivity index (χ0) is 11.2. The number of ether oxygens (including phenoxy) is 1. The van der Waals surface area contributed by atoms with Gasteiger partial charge in [0.15, 0.2) is 0 Å². The fourth-order valence-electron chi connectivity index (χ4n) is 1.90. The van der Waals surface area contributed by atoms with E-state index in [0.717, 1.165) is 30.9 Å². The maximum Gasteiger partial charge on any atom is 0.122 e. The van der Waals surface area contributed by atoms with Gasteiger partial charge in [0.25, 0.3) is 0 Å². The van der Waals surface area contributed by atoms with Crippen LogP contribution in [0.5, 0.6) is 5.75 Å². The number of thioether (sulfide) groups is 1. The van der Waals surface area contributed by atoms with Crippen LogP contribution in [-0.4, -0.2) is 24.2 Å². The minimum atomic E-state index is 0.407. The molecule has 1 saturated heterocycles. The fraction of sp³-hybridized carbons (Fsp3) is 0.538. The summed E-state index contributed by atoms with van der Waals surface area (Å²) in [7, 11) is 0. The van der Waals surface area contributed by atoms with Crippen molar-refractivity contribution in [2.45, 2.75) is 25.4 Å². The number of aryl methyl sites for hydroxylation is 1. The first-order chi connectivity index (χ1) is 7.90. The van der Waals surface area contributed by atoms with Crippen molar-refractivity contribution < 1.29 is 4.74 Å². The summed E-state index contributed by atoms with van der Waals surface area (Å²) in [4.78, 5) is 0. The molecule has 16 heavy (non-hydrogen) atoms. The highest BCUT2D eigenvalue weighted by Crippen LogP contribution is 2.26. The molecule has 0 bridgehead atoms. The number of rotatable bonds is 5. The van der Waals surface area contributed by atoms with E-state index in [2.05, 4.69) is 18.2 Å². The molecule has 1 fully saturated rings. The smallest absolute Gasteiger partial charge is 0.122 e. The van der Waals surface area contributed by atoms with Crippen molar-refractivity contribution in [1.29, 1.82) is 0 Å². The Labute approximate surface area is 102 Å². The van der Waals surface area contributed by atoms with Gasteiger partial charge < -0.3 is 10.5 Å². The quantitative estimate of drug-likeness (QED) is 0.854. The fourth-order valence-corrected chi connectivity index (χ4v) is 3.00. The molecule has 1 aliphatic rings. The SMILES string of the molecule is NCCCc1ccccc1OC1CCSC1. The van der Waals surface area contributed by atoms with E-state index in [0.29, 0.717) is 6.10 Å². The van der Waals surface area contributed by atoms with Gasteiger partial charge in [0.1, 0.15) is 11.9 Å². The largest absolute Gasteiger partial charge is 0.489 e. The molecule has 2 nitrogen and oxygen atoms in total. The van der Waals surface area contributed by atoms with E-state index in [1.807, 2.05) is 17.8 Å². The Balaban J connectivity index is 2.00. The van der Waals surface area contributed by atoms with Crippen LogP contribution in [0.1, 0.15) is 18.4 Å². The molecule has 88 valence electrons. The van der Waals surface area contributed by atoms with Crippen LogP contribution in [0.25, 0.3) is 0 Å². The molecule has 0 aliphatic carbocycles. The van der Waals surface area contributed by atoms with E-state index >= 15 is 0 Å². The summed E-state index contributed by atoms with van der Waals surface area (Å²) in [6, 6.07) is 8.34. The Morgan fingerprint density at radius 1 is 1.38 bits per heavy atom. The summed E-state index contributed by atoms with van der Waals surface area (Å²) in [5, 5.41) is 0. The molecule has 0 saturated carbocycles. The van der Waals surface area contributed by atoms with Crippen molar-refractivity contribution >= 4 is 11.8 Å². The zero-order valence-electron chi connectivity index (χ0n) is 9.52. The van der Waals surface area contributed by atoms with Crippen LogP contribution in [0.2, 0.25) is 0 Å². The average Bonchev–Trinajstić information content (AvgIpc) is 2.81. The predicted molar refractivity (Wildman–Crippen MR) is 70.2 cm³/mol. The maximum absolute atomic E-state index is 6.04. The normalized spacial score (nSPS) is 19.9. The zero-order valence-corrected chi connectivity index (χ0v) is 10.3. The van der Waals surface area contributed by atoms with E-state index in [9.17, 15) is 0 Å². The second kappa shape index (κ2) is 6.16. The first kappa shape index (κ1) is 11.8. The van der Waals surface area contributed by atoms with Gasteiger partial charge in [0, 0.05) is 5.75 Å². The number of para-hydroxylation sites is 1. The van der Waals surface area contributed by atoms with Crippen LogP contribution in [0.15, 0.2) is 24.3 Å². The van der Waals surface area contributed by atoms with Gasteiger partial charge in [0.05, 0.1) is 0 Å². The Morgan fingerprint density at radius 2 is 2.25 bits per heavy atom. The molecule has 1 aromatic rings. The van der Waals surface area contributed by atoms with Crippen LogP contribution in [-0.2, 0) is 6.42 Å². The molecule has 1 atom stereocenters. The van der Waals surface area contributed by atoms with Crippen molar-refractivity contribution in [2.24, 2.45) is 5.73 Å². The lowest BCUT2D eigenvalue weighted by molar-refractivity contribution is 0.227. The average molecular weight is 237 g/mol. The third kappa shape index (κ3) is 3.16. The number of hydrogen-bond donors (Lipinski definition) is 1. The number of nitrogens with two attached hydrogens (primary N) is 1. The van der Waals surface area contributed by atoms with Crippen molar-refractivity contribution in [3.05, 3.63) is 29.8 Å². The summed E-state index contributed by atoms with van der Waals surface area (Å²) >= 11 is 1.98. The van der Waals surface area contributed by atoms with Crippen LogP contribution < -0.4 is 10.5 Å². The molecule has 1 aromatic carbocycles. The number of benzene rings is 1. The molecule has 0 spiro atoms. The van der Waals surface area contributed by atoms with E-state index in [-0.39, 0.29) is 0 Å². The molecule has 1 heterocycles. The van der Waals surface area contributed by atoms with Gasteiger partial charge in [0.2, 0.25) is 0 Å². The Kier molecular flexibility index (Phi) is 4.55. The summed E-state index contributed by atoms with van der Waals surface area (Å²) in [5.74, 6) is 3.42. The van der Waals surface area contributed by atoms with Crippen molar-refractivity contribution in [2.75, 3.05) is 18.1 Å². The highest BCUT2D eigenvalue weighted by molar-refractivity contribution is 7.99. The van der Waals surface area contributed by atoms with E-state index < -0.39 is 0 Å². The first-order valence-electron chi connectivity index (χ1n) is 5.92. The Bertz CT molecular complexity index is 323. The second-order valence-corrected chi connectivity index (χ2v) is 5.25. The third-order valence-corrected chi connectivity index (χ3v) is 3.94. The summed E-state index contributed by atoms with van der Waals surface area (Å²) in [6.07, 6.45) is 3.63. The first-order valence-corrected chi connectivity index (χ1v) is 7.08. The standard InChI is InChI=1S/C13H19NOS/c14-8-3-5-11-4-1-2-6-13(11)15-12-7-9-16-10-12/h1-2,4,6,12H,3,5,7-10,14H2.